The molecule has 3 aromatic carbocycles. The van der Waals surface area contributed by atoms with Gasteiger partial charge in [0.15, 0.2) is 0 Å². The van der Waals surface area contributed by atoms with E-state index in [0.717, 1.165) is 16.1 Å². The molecule has 0 unspecified atom stereocenters. The lowest BCUT2D eigenvalue weighted by Crippen LogP contribution is -2.34. The van der Waals surface area contributed by atoms with Gasteiger partial charge in [0, 0.05) is 6.04 Å². The highest BCUT2D eigenvalue weighted by molar-refractivity contribution is 5.98. The van der Waals surface area contributed by atoms with Crippen molar-refractivity contribution >= 4 is 41.6 Å². The fraction of sp³-hybridized carbons (Fsp3) is 0.259. The Morgan fingerprint density at radius 3 is 1.62 bits per heavy atom. The van der Waals surface area contributed by atoms with Gasteiger partial charge >= 0.3 is 0 Å². The smallest absolute Gasteiger partial charge is 0.0700 e. The first kappa shape index (κ1) is 19.3. The van der Waals surface area contributed by atoms with Gasteiger partial charge in [-0.25, -0.2) is 0 Å². The van der Waals surface area contributed by atoms with E-state index in [1.54, 1.807) is 0 Å². The fourth-order valence-electron chi connectivity index (χ4n) is 4.37. The van der Waals surface area contributed by atoms with Crippen LogP contribution in [0, 0.1) is 0 Å². The van der Waals surface area contributed by atoms with Gasteiger partial charge in [0.05, 0.1) is 28.4 Å². The predicted molar refractivity (Wildman–Crippen MR) is 127 cm³/mol. The molecule has 1 heterocycles. The predicted octanol–water partition coefficient (Wildman–Crippen LogP) is 6.13. The van der Waals surface area contributed by atoms with Crippen LogP contribution in [0.5, 0.6) is 0 Å². The summed E-state index contributed by atoms with van der Waals surface area (Å²) >= 11 is 0. The Labute approximate surface area is 174 Å². The van der Waals surface area contributed by atoms with Gasteiger partial charge in [-0.2, -0.15) is 0 Å². The van der Waals surface area contributed by atoms with Gasteiger partial charge in [0.2, 0.25) is 0 Å². The molecule has 0 saturated heterocycles. The number of anilines is 5. The summed E-state index contributed by atoms with van der Waals surface area (Å²) < 4.78 is 0. The number of benzene rings is 3. The third-order valence-electron chi connectivity index (χ3n) is 5.63. The van der Waals surface area contributed by atoms with Crippen molar-refractivity contribution < 1.29 is 0 Å². The topological polar surface area (TPSA) is 6.48 Å². The second kappa shape index (κ2) is 6.81. The second-order valence-electron chi connectivity index (χ2n) is 9.16. The molecule has 1 aliphatic rings. The maximum absolute atomic E-state index is 4.43. The Kier molecular flexibility index (Phi) is 4.53. The molecule has 0 aromatic heterocycles. The van der Waals surface area contributed by atoms with E-state index in [0.29, 0.717) is 6.04 Å². The summed E-state index contributed by atoms with van der Waals surface area (Å²) in [6.07, 6.45) is 0. The van der Waals surface area contributed by atoms with E-state index in [4.69, 9.17) is 0 Å². The normalized spacial score (nSPS) is 13.4. The Morgan fingerprint density at radius 2 is 1.17 bits per heavy atom. The van der Waals surface area contributed by atoms with Crippen LogP contribution in [0.3, 0.4) is 0 Å². The average molecular weight is 383 g/mol. The van der Waals surface area contributed by atoms with E-state index in [1.165, 1.54) is 28.3 Å². The number of fused-ring (bicyclic) bond motifs is 2. The summed E-state index contributed by atoms with van der Waals surface area (Å²) in [6, 6.07) is 22.0. The molecule has 29 heavy (non-hydrogen) atoms. The van der Waals surface area contributed by atoms with Crippen molar-refractivity contribution in [3.05, 3.63) is 76.7 Å². The van der Waals surface area contributed by atoms with Gasteiger partial charge in [-0.1, -0.05) is 58.2 Å². The van der Waals surface area contributed by atoms with E-state index in [-0.39, 0.29) is 5.41 Å². The number of hydrogen-bond donors (Lipinski definition) is 0. The van der Waals surface area contributed by atoms with Crippen LogP contribution in [0.2, 0.25) is 0 Å². The highest BCUT2D eigenvalue weighted by Gasteiger charge is 2.30. The van der Waals surface area contributed by atoms with Crippen LogP contribution in [-0.4, -0.2) is 6.04 Å². The molecule has 0 amide bonds. The number of rotatable bonds is 2. The van der Waals surface area contributed by atoms with E-state index in [2.05, 4.69) is 118 Å². The van der Waals surface area contributed by atoms with Crippen LogP contribution < -0.4 is 20.2 Å². The summed E-state index contributed by atoms with van der Waals surface area (Å²) in [5, 5.41) is 2.08. The number of hydrogen-bond acceptors (Lipinski definition) is 2. The van der Waals surface area contributed by atoms with Crippen molar-refractivity contribution in [3.63, 3.8) is 0 Å². The summed E-state index contributed by atoms with van der Waals surface area (Å²) in [5.74, 6) is 0. The minimum atomic E-state index is 0.0359. The monoisotopic (exact) mass is 382 g/mol. The second-order valence-corrected chi connectivity index (χ2v) is 9.16. The van der Waals surface area contributed by atoms with Crippen LogP contribution in [-0.2, 0) is 5.41 Å². The Balaban J connectivity index is 2.02. The molecule has 0 N–H and O–H groups in total. The molecule has 1 aliphatic heterocycles. The lowest BCUT2D eigenvalue weighted by atomic mass is 9.85. The Hall–Kier alpha value is -3.00. The zero-order valence-corrected chi connectivity index (χ0v) is 18.2. The standard InChI is InChI=1S/C27H30N2/c1-18(2)28-22-12-8-10-14-24(22)29(25-15-11-9-13-23(25)28)26-17-19(3)21(16-20(26)4)27(5,6)7/h8-18H,3-4H2,1-2,5-7H3. The maximum Gasteiger partial charge on any atom is 0.0700 e. The molecule has 0 bridgehead atoms. The molecule has 0 atom stereocenters. The SMILES string of the molecule is C=c1cc(C(C)(C)C)c(=C)cc1N1c2ccccc2N(C(C)C)c2ccccc21. The minimum Gasteiger partial charge on any atom is -0.336 e. The molecule has 2 heteroatoms. The summed E-state index contributed by atoms with van der Waals surface area (Å²) in [4.78, 5) is 4.76. The van der Waals surface area contributed by atoms with Gasteiger partial charge in [-0.3, -0.25) is 0 Å². The molecule has 0 spiro atoms. The highest BCUT2D eigenvalue weighted by atomic mass is 15.3. The third-order valence-corrected chi connectivity index (χ3v) is 5.63. The van der Waals surface area contributed by atoms with Gasteiger partial charge in [-0.15, -0.1) is 0 Å². The van der Waals surface area contributed by atoms with E-state index in [9.17, 15) is 0 Å². The molecule has 148 valence electrons. The highest BCUT2D eigenvalue weighted by Crippen LogP contribution is 2.51. The maximum atomic E-state index is 4.43. The first-order valence-electron chi connectivity index (χ1n) is 10.3. The van der Waals surface area contributed by atoms with Crippen molar-refractivity contribution in [1.82, 2.24) is 0 Å². The van der Waals surface area contributed by atoms with Gasteiger partial charge in [0.1, 0.15) is 0 Å². The first-order chi connectivity index (χ1) is 13.7. The van der Waals surface area contributed by atoms with E-state index >= 15 is 0 Å². The van der Waals surface area contributed by atoms with Crippen molar-refractivity contribution in [1.29, 1.82) is 0 Å². The molecule has 0 radical (unpaired) electrons. The van der Waals surface area contributed by atoms with Crippen molar-refractivity contribution in [2.24, 2.45) is 0 Å². The zero-order valence-electron chi connectivity index (χ0n) is 18.2. The summed E-state index contributed by atoms with van der Waals surface area (Å²) in [5.41, 5.74) is 7.14. The van der Waals surface area contributed by atoms with Crippen LogP contribution in [0.25, 0.3) is 13.2 Å². The van der Waals surface area contributed by atoms with Gasteiger partial charge in [-0.05, 0) is 71.7 Å². The fourth-order valence-corrected chi connectivity index (χ4v) is 4.37. The van der Waals surface area contributed by atoms with Crippen LogP contribution >= 0.6 is 0 Å². The van der Waals surface area contributed by atoms with Crippen molar-refractivity contribution in [3.8, 4) is 0 Å². The molecule has 0 fully saturated rings. The zero-order chi connectivity index (χ0) is 20.9. The quantitative estimate of drug-likeness (QED) is 0.526. The van der Waals surface area contributed by atoms with Gasteiger partial charge < -0.3 is 9.80 Å². The molecule has 4 rings (SSSR count). The van der Waals surface area contributed by atoms with E-state index in [1.807, 2.05) is 0 Å². The molecule has 0 aliphatic carbocycles. The number of para-hydroxylation sites is 4. The Morgan fingerprint density at radius 1 is 0.690 bits per heavy atom. The van der Waals surface area contributed by atoms with Crippen LogP contribution in [0.1, 0.15) is 40.2 Å². The minimum absolute atomic E-state index is 0.0359. The molecule has 3 aromatic rings. The molecular formula is C27H30N2. The molecular weight excluding hydrogens is 352 g/mol. The van der Waals surface area contributed by atoms with Crippen molar-refractivity contribution in [2.45, 2.75) is 46.1 Å². The lowest BCUT2D eigenvalue weighted by Gasteiger charge is -2.42. The van der Waals surface area contributed by atoms with Crippen LogP contribution in [0.4, 0.5) is 28.4 Å². The summed E-state index contributed by atoms with van der Waals surface area (Å²) in [6.45, 7) is 20.0. The van der Waals surface area contributed by atoms with Crippen LogP contribution in [0.15, 0.2) is 60.7 Å². The molecule has 2 nitrogen and oxygen atoms in total. The lowest BCUT2D eigenvalue weighted by molar-refractivity contribution is 0.586. The third kappa shape index (κ3) is 3.13. The molecule has 0 saturated carbocycles. The largest absolute Gasteiger partial charge is 0.336 e. The summed E-state index contributed by atoms with van der Waals surface area (Å²) in [7, 11) is 0. The van der Waals surface area contributed by atoms with E-state index < -0.39 is 0 Å². The number of nitrogens with zero attached hydrogens (tertiary/aromatic N) is 2. The van der Waals surface area contributed by atoms with Crippen molar-refractivity contribution in [2.75, 3.05) is 9.80 Å². The van der Waals surface area contributed by atoms with Gasteiger partial charge in [0.25, 0.3) is 0 Å². The Bertz CT molecular complexity index is 1120. The average Bonchev–Trinajstić information content (AvgIpc) is 2.66. The first-order valence-corrected chi connectivity index (χ1v) is 10.3.